The highest BCUT2D eigenvalue weighted by molar-refractivity contribution is 7.93. The number of aromatic nitrogens is 2. The van der Waals surface area contributed by atoms with Crippen LogP contribution in [0.1, 0.15) is 27.9 Å². The summed E-state index contributed by atoms with van der Waals surface area (Å²) >= 11 is 2.70. The summed E-state index contributed by atoms with van der Waals surface area (Å²) in [5.41, 5.74) is 1.22. The van der Waals surface area contributed by atoms with Crippen LogP contribution in [0, 0.1) is 0 Å². The van der Waals surface area contributed by atoms with Crippen molar-refractivity contribution in [3.05, 3.63) is 92.4 Å². The standard InChI is InChI=1S/C23H21N5O4S3/c1-15-13-17(35(31,32)28-23-24-9-4-10-25-23)7-8-18(15)26-21(29)19(14-16-5-2-11-33-16)27-22(30)20-6-3-12-34-20/h2-12,14,17H,13H2,1H3,(H,26,29)(H,27,30)(H,24,25,28)/b19-14+. The minimum atomic E-state index is -3.79. The van der Waals surface area contributed by atoms with Gasteiger partial charge in [-0.15, -0.1) is 22.7 Å². The molecule has 180 valence electrons. The number of nitrogens with zero attached hydrogens (tertiary/aromatic N) is 2. The van der Waals surface area contributed by atoms with E-state index in [-0.39, 0.29) is 24.0 Å². The molecule has 1 aliphatic rings. The Morgan fingerprint density at radius 3 is 2.49 bits per heavy atom. The van der Waals surface area contributed by atoms with Crippen molar-refractivity contribution < 1.29 is 18.0 Å². The predicted molar refractivity (Wildman–Crippen MR) is 137 cm³/mol. The first-order valence-electron chi connectivity index (χ1n) is 10.4. The van der Waals surface area contributed by atoms with Crippen molar-refractivity contribution in [2.24, 2.45) is 0 Å². The third-order valence-electron chi connectivity index (χ3n) is 4.96. The lowest BCUT2D eigenvalue weighted by molar-refractivity contribution is -0.117. The lowest BCUT2D eigenvalue weighted by Crippen LogP contribution is -2.35. The first-order valence-corrected chi connectivity index (χ1v) is 13.7. The summed E-state index contributed by atoms with van der Waals surface area (Å²) in [6, 6.07) is 8.70. The van der Waals surface area contributed by atoms with E-state index in [1.54, 1.807) is 42.7 Å². The molecule has 1 unspecified atom stereocenters. The molecule has 1 aliphatic carbocycles. The number of amides is 2. The van der Waals surface area contributed by atoms with Crippen molar-refractivity contribution in [3.63, 3.8) is 0 Å². The van der Waals surface area contributed by atoms with Crippen LogP contribution in [-0.4, -0.2) is 35.5 Å². The van der Waals surface area contributed by atoms with Gasteiger partial charge in [0.15, 0.2) is 0 Å². The normalized spacial score (nSPS) is 16.1. The number of carbonyl (C=O) groups is 2. The lowest BCUT2D eigenvalue weighted by atomic mass is 10.0. The summed E-state index contributed by atoms with van der Waals surface area (Å²) in [6.07, 6.45) is 7.71. The monoisotopic (exact) mass is 527 g/mol. The van der Waals surface area contributed by atoms with Gasteiger partial charge >= 0.3 is 0 Å². The molecule has 3 N–H and O–H groups in total. The van der Waals surface area contributed by atoms with Crippen molar-refractivity contribution in [2.75, 3.05) is 4.72 Å². The minimum absolute atomic E-state index is 0.00790. The topological polar surface area (TPSA) is 130 Å². The maximum atomic E-state index is 13.1. The number of thiophene rings is 2. The molecule has 3 aromatic rings. The predicted octanol–water partition coefficient (Wildman–Crippen LogP) is 3.53. The van der Waals surface area contributed by atoms with Crippen molar-refractivity contribution in [1.82, 2.24) is 20.6 Å². The molecule has 12 heteroatoms. The van der Waals surface area contributed by atoms with Gasteiger partial charge in [0, 0.05) is 23.0 Å². The molecule has 35 heavy (non-hydrogen) atoms. The third kappa shape index (κ3) is 6.29. The quantitative estimate of drug-likeness (QED) is 0.384. The Balaban J connectivity index is 1.48. The minimum Gasteiger partial charge on any atom is -0.321 e. The number of carbonyl (C=O) groups excluding carboxylic acids is 2. The Bertz CT molecular complexity index is 1390. The zero-order valence-electron chi connectivity index (χ0n) is 18.5. The first kappa shape index (κ1) is 24.5. The van der Waals surface area contributed by atoms with Crippen LogP contribution in [0.5, 0.6) is 0 Å². The largest absolute Gasteiger partial charge is 0.321 e. The summed E-state index contributed by atoms with van der Waals surface area (Å²) in [6.45, 7) is 1.74. The zero-order chi connectivity index (χ0) is 24.8. The van der Waals surface area contributed by atoms with Gasteiger partial charge in [-0.3, -0.25) is 14.3 Å². The van der Waals surface area contributed by atoms with Crippen LogP contribution in [0.4, 0.5) is 5.95 Å². The van der Waals surface area contributed by atoms with Gasteiger partial charge in [0.05, 0.1) is 4.88 Å². The Morgan fingerprint density at radius 2 is 1.83 bits per heavy atom. The van der Waals surface area contributed by atoms with E-state index in [1.165, 1.54) is 41.1 Å². The molecule has 1 atom stereocenters. The molecule has 0 radical (unpaired) electrons. The average Bonchev–Trinajstić information content (AvgIpc) is 3.55. The third-order valence-corrected chi connectivity index (χ3v) is 8.23. The van der Waals surface area contributed by atoms with Crippen LogP contribution in [0.3, 0.4) is 0 Å². The number of hydrogen-bond donors (Lipinski definition) is 3. The van der Waals surface area contributed by atoms with Gasteiger partial charge in [-0.1, -0.05) is 18.2 Å². The fourth-order valence-electron chi connectivity index (χ4n) is 3.20. The Morgan fingerprint density at radius 1 is 1.09 bits per heavy atom. The van der Waals surface area contributed by atoms with E-state index in [0.29, 0.717) is 16.1 Å². The van der Waals surface area contributed by atoms with Crippen molar-refractivity contribution in [1.29, 1.82) is 0 Å². The number of rotatable bonds is 8. The molecular weight excluding hydrogens is 506 g/mol. The maximum absolute atomic E-state index is 13.1. The van der Waals surface area contributed by atoms with Gasteiger partial charge in [0.25, 0.3) is 11.8 Å². The fourth-order valence-corrected chi connectivity index (χ4v) is 5.74. The second kappa shape index (κ2) is 10.8. The van der Waals surface area contributed by atoms with Gasteiger partial charge in [-0.2, -0.15) is 0 Å². The number of anilines is 1. The molecule has 0 saturated heterocycles. The summed E-state index contributed by atoms with van der Waals surface area (Å²) in [7, 11) is -3.79. The van der Waals surface area contributed by atoms with Crippen LogP contribution in [0.25, 0.3) is 6.08 Å². The van der Waals surface area contributed by atoms with Crippen LogP contribution in [0.2, 0.25) is 0 Å². The van der Waals surface area contributed by atoms with Gasteiger partial charge in [-0.05, 0) is 60.0 Å². The van der Waals surface area contributed by atoms with Gasteiger partial charge < -0.3 is 10.6 Å². The number of sulfonamides is 1. The smallest absolute Gasteiger partial charge is 0.272 e. The van der Waals surface area contributed by atoms with Crippen molar-refractivity contribution >= 4 is 56.5 Å². The van der Waals surface area contributed by atoms with E-state index >= 15 is 0 Å². The second-order valence-corrected chi connectivity index (χ2v) is 11.3. The molecule has 0 spiro atoms. The summed E-state index contributed by atoms with van der Waals surface area (Å²) in [5, 5.41) is 8.27. The highest BCUT2D eigenvalue weighted by Gasteiger charge is 2.28. The SMILES string of the molecule is CC1=C(NC(=O)/C(=C\c2cccs2)NC(=O)c2cccs2)C=CC(S(=O)(=O)Nc2ncccn2)C1. The van der Waals surface area contributed by atoms with E-state index in [4.69, 9.17) is 0 Å². The number of allylic oxidation sites excluding steroid dienone is 2. The molecule has 3 heterocycles. The van der Waals surface area contributed by atoms with E-state index < -0.39 is 21.2 Å². The Labute approximate surface area is 210 Å². The van der Waals surface area contributed by atoms with E-state index in [9.17, 15) is 18.0 Å². The van der Waals surface area contributed by atoms with Crippen LogP contribution in [-0.2, 0) is 14.8 Å². The van der Waals surface area contributed by atoms with Crippen molar-refractivity contribution in [2.45, 2.75) is 18.6 Å². The summed E-state index contributed by atoms with van der Waals surface area (Å²) < 4.78 is 27.9. The zero-order valence-corrected chi connectivity index (χ0v) is 20.9. The molecular formula is C23H21N5O4S3. The molecule has 0 fully saturated rings. The van der Waals surface area contributed by atoms with Gasteiger partial charge in [0.1, 0.15) is 10.9 Å². The molecule has 2 amide bonds. The van der Waals surface area contributed by atoms with Crippen LogP contribution >= 0.6 is 22.7 Å². The highest BCUT2D eigenvalue weighted by Crippen LogP contribution is 2.24. The molecule has 9 nitrogen and oxygen atoms in total. The van der Waals surface area contributed by atoms with E-state index in [0.717, 1.165) is 4.88 Å². The molecule has 4 rings (SSSR count). The first-order chi connectivity index (χ1) is 16.8. The molecule has 0 saturated carbocycles. The van der Waals surface area contributed by atoms with Gasteiger partial charge in [0.2, 0.25) is 16.0 Å². The van der Waals surface area contributed by atoms with Gasteiger partial charge in [-0.25, -0.2) is 18.4 Å². The highest BCUT2D eigenvalue weighted by atomic mass is 32.2. The summed E-state index contributed by atoms with van der Waals surface area (Å²) in [5.74, 6) is -0.908. The molecule has 0 aliphatic heterocycles. The lowest BCUT2D eigenvalue weighted by Gasteiger charge is -2.21. The van der Waals surface area contributed by atoms with Crippen LogP contribution < -0.4 is 15.4 Å². The van der Waals surface area contributed by atoms with E-state index in [2.05, 4.69) is 25.3 Å². The average molecular weight is 528 g/mol. The van der Waals surface area contributed by atoms with E-state index in [1.807, 2.05) is 17.5 Å². The summed E-state index contributed by atoms with van der Waals surface area (Å²) in [4.78, 5) is 34.7. The Hall–Kier alpha value is -3.61. The second-order valence-electron chi connectivity index (χ2n) is 7.47. The molecule has 0 bridgehead atoms. The molecule has 0 aromatic carbocycles. The molecule has 3 aromatic heterocycles. The fraction of sp³-hybridized carbons (Fsp3) is 0.130. The Kier molecular flexibility index (Phi) is 7.54. The maximum Gasteiger partial charge on any atom is 0.272 e. The van der Waals surface area contributed by atoms with Crippen LogP contribution in [0.15, 0.2) is 82.6 Å². The number of hydrogen-bond acceptors (Lipinski definition) is 8. The number of nitrogens with one attached hydrogen (secondary N) is 3. The van der Waals surface area contributed by atoms with Crippen molar-refractivity contribution in [3.8, 4) is 0 Å².